The quantitative estimate of drug-likeness (QED) is 0.0892. The number of rotatable bonds is 16. The van der Waals surface area contributed by atoms with E-state index in [-0.39, 0.29) is 12.8 Å². The molecule has 4 aromatic rings. The third-order valence-corrected chi connectivity index (χ3v) is 8.07. The molecule has 0 aliphatic carbocycles. The SMILES string of the molecule is CSCCC(N)C(=O)NC(Cc1c[nH]c2ccccc12)C(=O)NC(Cc1c[nH]c2ccccc12)C(=O)NC(CC(=O)O)C(=O)O. The van der Waals surface area contributed by atoms with E-state index < -0.39 is 60.2 Å². The second kappa shape index (κ2) is 15.3. The van der Waals surface area contributed by atoms with Crippen molar-refractivity contribution < 1.29 is 34.2 Å². The van der Waals surface area contributed by atoms with Crippen molar-refractivity contribution in [2.45, 2.75) is 49.9 Å². The number of benzene rings is 2. The molecular formula is C31H36N6O7S. The van der Waals surface area contributed by atoms with Crippen LogP contribution in [0.15, 0.2) is 60.9 Å². The van der Waals surface area contributed by atoms with Gasteiger partial charge < -0.3 is 41.9 Å². The minimum atomic E-state index is -1.73. The third kappa shape index (κ3) is 8.64. The number of hydrogen-bond donors (Lipinski definition) is 8. The molecule has 238 valence electrons. The number of carbonyl (C=O) groups is 5. The number of aromatic amines is 2. The molecule has 0 saturated heterocycles. The molecule has 0 spiro atoms. The van der Waals surface area contributed by atoms with Crippen molar-refractivity contribution in [3.63, 3.8) is 0 Å². The summed E-state index contributed by atoms with van der Waals surface area (Å²) in [5.41, 5.74) is 9.13. The van der Waals surface area contributed by atoms with Gasteiger partial charge in [-0.15, -0.1) is 0 Å². The number of carbonyl (C=O) groups excluding carboxylic acids is 3. The molecule has 0 aliphatic rings. The lowest BCUT2D eigenvalue weighted by Crippen LogP contribution is -2.58. The first kappa shape index (κ1) is 33.1. The Kier molecular flexibility index (Phi) is 11.2. The minimum absolute atomic E-state index is 0.0536. The summed E-state index contributed by atoms with van der Waals surface area (Å²) in [4.78, 5) is 69.7. The Morgan fingerprint density at radius 3 is 1.69 bits per heavy atom. The van der Waals surface area contributed by atoms with Crippen molar-refractivity contribution in [3.8, 4) is 0 Å². The zero-order valence-electron chi connectivity index (χ0n) is 24.5. The number of H-pyrrole nitrogens is 2. The van der Waals surface area contributed by atoms with Gasteiger partial charge in [-0.2, -0.15) is 11.8 Å². The Balaban J connectivity index is 1.64. The van der Waals surface area contributed by atoms with Crippen molar-refractivity contribution in [3.05, 3.63) is 72.1 Å². The Morgan fingerprint density at radius 1 is 0.756 bits per heavy atom. The number of thioether (sulfide) groups is 1. The molecule has 0 bridgehead atoms. The van der Waals surface area contributed by atoms with Crippen LogP contribution in [0.2, 0.25) is 0 Å². The fraction of sp³-hybridized carbons (Fsp3) is 0.323. The van der Waals surface area contributed by atoms with Crippen molar-refractivity contribution in [1.82, 2.24) is 25.9 Å². The summed E-state index contributed by atoms with van der Waals surface area (Å²) in [5.74, 6) is -4.44. The molecule has 2 aromatic heterocycles. The van der Waals surface area contributed by atoms with Gasteiger partial charge in [0.2, 0.25) is 17.7 Å². The van der Waals surface area contributed by atoms with Gasteiger partial charge in [-0.25, -0.2) is 4.79 Å². The van der Waals surface area contributed by atoms with Crippen molar-refractivity contribution in [2.24, 2.45) is 5.73 Å². The Hall–Kier alpha value is -4.82. The molecule has 0 saturated carbocycles. The highest BCUT2D eigenvalue weighted by atomic mass is 32.2. The highest BCUT2D eigenvalue weighted by molar-refractivity contribution is 7.98. The lowest BCUT2D eigenvalue weighted by atomic mass is 10.0. The minimum Gasteiger partial charge on any atom is -0.481 e. The van der Waals surface area contributed by atoms with Gasteiger partial charge in [0.25, 0.3) is 0 Å². The number of amides is 3. The van der Waals surface area contributed by atoms with Gasteiger partial charge in [-0.05, 0) is 41.7 Å². The van der Waals surface area contributed by atoms with Crippen LogP contribution >= 0.6 is 11.8 Å². The summed E-state index contributed by atoms with van der Waals surface area (Å²) < 4.78 is 0. The maximum Gasteiger partial charge on any atom is 0.326 e. The molecular weight excluding hydrogens is 600 g/mol. The number of fused-ring (bicyclic) bond motifs is 2. The maximum absolute atomic E-state index is 13.9. The summed E-state index contributed by atoms with van der Waals surface area (Å²) in [6, 6.07) is 9.72. The lowest BCUT2D eigenvalue weighted by molar-refractivity contribution is -0.147. The fourth-order valence-electron chi connectivity index (χ4n) is 5.03. The van der Waals surface area contributed by atoms with Crippen molar-refractivity contribution >= 4 is 63.2 Å². The molecule has 13 nitrogen and oxygen atoms in total. The molecule has 4 atom stereocenters. The first-order valence-electron chi connectivity index (χ1n) is 14.3. The molecule has 4 rings (SSSR count). The van der Waals surface area contributed by atoms with Gasteiger partial charge in [0.1, 0.15) is 18.1 Å². The molecule has 45 heavy (non-hydrogen) atoms. The predicted molar refractivity (Wildman–Crippen MR) is 171 cm³/mol. The smallest absolute Gasteiger partial charge is 0.326 e. The van der Waals surface area contributed by atoms with Crippen LogP contribution in [0, 0.1) is 0 Å². The molecule has 0 fully saturated rings. The van der Waals surface area contributed by atoms with E-state index in [2.05, 4.69) is 25.9 Å². The number of aliphatic carboxylic acids is 2. The van der Waals surface area contributed by atoms with Crippen LogP contribution in [-0.2, 0) is 36.8 Å². The first-order valence-corrected chi connectivity index (χ1v) is 15.7. The third-order valence-electron chi connectivity index (χ3n) is 7.43. The highest BCUT2D eigenvalue weighted by Crippen LogP contribution is 2.21. The van der Waals surface area contributed by atoms with E-state index >= 15 is 0 Å². The molecule has 4 unspecified atom stereocenters. The van der Waals surface area contributed by atoms with Crippen LogP contribution in [0.3, 0.4) is 0 Å². The topological polar surface area (TPSA) is 219 Å². The second-order valence-corrected chi connectivity index (χ2v) is 11.6. The Morgan fingerprint density at radius 2 is 1.22 bits per heavy atom. The van der Waals surface area contributed by atoms with Crippen LogP contribution in [0.25, 0.3) is 21.8 Å². The number of carboxylic acids is 2. The largest absolute Gasteiger partial charge is 0.481 e. The van der Waals surface area contributed by atoms with Crippen LogP contribution in [0.5, 0.6) is 0 Å². The van der Waals surface area contributed by atoms with E-state index in [1.165, 1.54) is 11.8 Å². The molecule has 14 heteroatoms. The summed E-state index contributed by atoms with van der Waals surface area (Å²) >= 11 is 1.53. The molecule has 3 amide bonds. The Labute approximate surface area is 262 Å². The normalized spacial score (nSPS) is 13.9. The van der Waals surface area contributed by atoms with Gasteiger partial charge in [0, 0.05) is 47.0 Å². The van der Waals surface area contributed by atoms with Gasteiger partial charge in [0.05, 0.1) is 12.5 Å². The number of hydrogen-bond acceptors (Lipinski definition) is 7. The number of nitrogens with two attached hydrogens (primary N) is 1. The molecule has 0 radical (unpaired) electrons. The van der Waals surface area contributed by atoms with Gasteiger partial charge in [-0.3, -0.25) is 19.2 Å². The lowest BCUT2D eigenvalue weighted by Gasteiger charge is -2.25. The van der Waals surface area contributed by atoms with E-state index in [1.54, 1.807) is 12.4 Å². The number of para-hydroxylation sites is 2. The number of aromatic nitrogens is 2. The van der Waals surface area contributed by atoms with Gasteiger partial charge in [-0.1, -0.05) is 36.4 Å². The summed E-state index contributed by atoms with van der Waals surface area (Å²) in [5, 5.41) is 28.0. The van der Waals surface area contributed by atoms with Crippen LogP contribution in [0.1, 0.15) is 24.0 Å². The van der Waals surface area contributed by atoms with Crippen molar-refractivity contribution in [2.75, 3.05) is 12.0 Å². The maximum atomic E-state index is 13.9. The van der Waals surface area contributed by atoms with Crippen LogP contribution in [0.4, 0.5) is 0 Å². The average Bonchev–Trinajstić information content (AvgIpc) is 3.62. The Bertz CT molecular complexity index is 1680. The number of carboxylic acid groups (broad SMARTS) is 2. The zero-order valence-corrected chi connectivity index (χ0v) is 25.4. The van der Waals surface area contributed by atoms with E-state index in [0.717, 1.165) is 27.4 Å². The van der Waals surface area contributed by atoms with Crippen LogP contribution < -0.4 is 21.7 Å². The average molecular weight is 637 g/mol. The van der Waals surface area contributed by atoms with Crippen LogP contribution in [-0.4, -0.2) is 86.0 Å². The molecule has 0 aliphatic heterocycles. The predicted octanol–water partition coefficient (Wildman–Crippen LogP) is 1.53. The second-order valence-electron chi connectivity index (χ2n) is 10.6. The first-order chi connectivity index (χ1) is 21.6. The zero-order chi connectivity index (χ0) is 32.5. The van der Waals surface area contributed by atoms with E-state index in [4.69, 9.17) is 10.8 Å². The molecule has 2 heterocycles. The van der Waals surface area contributed by atoms with E-state index in [9.17, 15) is 29.1 Å². The highest BCUT2D eigenvalue weighted by Gasteiger charge is 2.32. The summed E-state index contributed by atoms with van der Waals surface area (Å²) in [7, 11) is 0. The fourth-order valence-corrected chi connectivity index (χ4v) is 5.52. The van der Waals surface area contributed by atoms with E-state index in [0.29, 0.717) is 17.7 Å². The van der Waals surface area contributed by atoms with Gasteiger partial charge in [0.15, 0.2) is 0 Å². The summed E-state index contributed by atoms with van der Waals surface area (Å²) in [6.07, 6.45) is 4.85. The van der Waals surface area contributed by atoms with Crippen molar-refractivity contribution in [1.29, 1.82) is 0 Å². The monoisotopic (exact) mass is 636 g/mol. The molecule has 2 aromatic carbocycles. The molecule has 9 N–H and O–H groups in total. The van der Waals surface area contributed by atoms with E-state index in [1.807, 2.05) is 54.8 Å². The standard InChI is InChI=1S/C31H36N6O7S/c1-45-11-10-21(32)28(40)35-24(12-17-15-33-22-8-4-2-6-19(17)22)29(41)36-25(30(42)37-26(31(43)44)14-27(38)39)13-18-16-34-23-9-5-3-7-20(18)23/h2-9,15-16,21,24-26,33-34H,10-14,32H2,1H3,(H,35,40)(H,36,41)(H,37,42)(H,38,39)(H,43,44). The summed E-state index contributed by atoms with van der Waals surface area (Å²) in [6.45, 7) is 0. The van der Waals surface area contributed by atoms with Gasteiger partial charge >= 0.3 is 11.9 Å². The number of nitrogens with one attached hydrogen (secondary N) is 5.